The quantitative estimate of drug-likeness (QED) is 0.371. The molecule has 10 heteroatoms. The number of hydrogen-bond acceptors (Lipinski definition) is 7. The topological polar surface area (TPSA) is 118 Å². The highest BCUT2D eigenvalue weighted by molar-refractivity contribution is 7.92. The minimum Gasteiger partial charge on any atom is -0.487 e. The molecule has 0 fully saturated rings. The van der Waals surface area contributed by atoms with Crippen molar-refractivity contribution in [1.82, 2.24) is 15.1 Å². The van der Waals surface area contributed by atoms with Crippen molar-refractivity contribution in [3.05, 3.63) is 87.5 Å². The largest absolute Gasteiger partial charge is 0.487 e. The van der Waals surface area contributed by atoms with E-state index in [-0.39, 0.29) is 17.7 Å². The number of H-pyrrole nitrogens is 1. The number of sulfonamides is 1. The first-order valence-corrected chi connectivity index (χ1v) is 12.9. The van der Waals surface area contributed by atoms with Gasteiger partial charge in [0, 0.05) is 17.8 Å². The van der Waals surface area contributed by atoms with Gasteiger partial charge in [-0.3, -0.25) is 13.8 Å². The first kappa shape index (κ1) is 25.2. The molecular weight excluding hydrogens is 480 g/mol. The van der Waals surface area contributed by atoms with Crippen molar-refractivity contribution in [1.29, 1.82) is 0 Å². The summed E-state index contributed by atoms with van der Waals surface area (Å²) in [5, 5.41) is 3.69. The first-order chi connectivity index (χ1) is 17.1. The zero-order valence-corrected chi connectivity index (χ0v) is 21.6. The van der Waals surface area contributed by atoms with Gasteiger partial charge < -0.3 is 4.74 Å². The van der Waals surface area contributed by atoms with Crippen LogP contribution in [0, 0.1) is 20.8 Å². The summed E-state index contributed by atoms with van der Waals surface area (Å²) in [5.74, 6) is 0.183. The van der Waals surface area contributed by atoms with E-state index in [4.69, 9.17) is 4.74 Å². The standard InChI is InChI=1S/C26H28N4O5S/c1-16(2)30(36(32,33)24-8-6-7-11-27-24)22-13-17(3)18(4)14-23(22)34-15-21-10-9-20(12-19(21)5)25-28-26(31)35-29-25/h6-14,16H,15H2,1-5H3,(H,28,29,31). The number of nitrogens with one attached hydrogen (secondary N) is 1. The molecule has 0 bridgehead atoms. The van der Waals surface area contributed by atoms with Crippen LogP contribution in [0.4, 0.5) is 5.69 Å². The zero-order chi connectivity index (χ0) is 26.0. The molecule has 4 rings (SSSR count). The number of benzene rings is 2. The van der Waals surface area contributed by atoms with E-state index in [1.165, 1.54) is 16.6 Å². The molecule has 0 saturated heterocycles. The van der Waals surface area contributed by atoms with E-state index < -0.39 is 15.8 Å². The molecule has 2 heterocycles. The van der Waals surface area contributed by atoms with Crippen molar-refractivity contribution >= 4 is 15.7 Å². The van der Waals surface area contributed by atoms with Gasteiger partial charge in [-0.15, -0.1) is 0 Å². The van der Waals surface area contributed by atoms with Crippen LogP contribution in [0.3, 0.4) is 0 Å². The Morgan fingerprint density at radius 1 is 1.03 bits per heavy atom. The highest BCUT2D eigenvalue weighted by Gasteiger charge is 2.31. The fourth-order valence-electron chi connectivity index (χ4n) is 3.86. The molecule has 0 saturated carbocycles. The third kappa shape index (κ3) is 5.03. The Bertz CT molecular complexity index is 1540. The summed E-state index contributed by atoms with van der Waals surface area (Å²) in [4.78, 5) is 17.9. The van der Waals surface area contributed by atoms with Crippen molar-refractivity contribution in [3.63, 3.8) is 0 Å². The SMILES string of the molecule is Cc1cc(OCc2ccc(-c3noc(=O)[nH]3)cc2C)c(N(C(C)C)S(=O)(=O)c2ccccn2)cc1C. The molecule has 1 N–H and O–H groups in total. The average molecular weight is 509 g/mol. The first-order valence-electron chi connectivity index (χ1n) is 11.4. The number of aromatic nitrogens is 3. The van der Waals surface area contributed by atoms with E-state index >= 15 is 0 Å². The smallest absolute Gasteiger partial charge is 0.439 e. The average Bonchev–Trinajstić information content (AvgIpc) is 3.27. The number of aryl methyl sites for hydroxylation is 3. The van der Waals surface area contributed by atoms with Crippen LogP contribution in [0.1, 0.15) is 36.1 Å². The van der Waals surface area contributed by atoms with Crippen molar-refractivity contribution in [2.45, 2.75) is 52.3 Å². The molecule has 0 aliphatic rings. The van der Waals surface area contributed by atoms with Crippen LogP contribution in [0.15, 0.2) is 69.1 Å². The maximum absolute atomic E-state index is 13.6. The summed E-state index contributed by atoms with van der Waals surface area (Å²) in [6.45, 7) is 9.66. The third-order valence-electron chi connectivity index (χ3n) is 5.88. The summed E-state index contributed by atoms with van der Waals surface area (Å²) >= 11 is 0. The summed E-state index contributed by atoms with van der Waals surface area (Å²) in [7, 11) is -3.93. The van der Waals surface area contributed by atoms with Gasteiger partial charge in [-0.25, -0.2) is 9.78 Å². The Hall–Kier alpha value is -3.92. The third-order valence-corrected chi connectivity index (χ3v) is 7.79. The van der Waals surface area contributed by atoms with E-state index in [1.807, 2.05) is 65.0 Å². The molecule has 2 aromatic heterocycles. The highest BCUT2D eigenvalue weighted by atomic mass is 32.2. The van der Waals surface area contributed by atoms with Crippen LogP contribution >= 0.6 is 0 Å². The lowest BCUT2D eigenvalue weighted by molar-refractivity contribution is 0.306. The van der Waals surface area contributed by atoms with Crippen LogP contribution < -0.4 is 14.8 Å². The molecule has 0 aliphatic carbocycles. The monoisotopic (exact) mass is 508 g/mol. The molecule has 0 radical (unpaired) electrons. The number of rotatable bonds is 8. The molecule has 0 aliphatic heterocycles. The summed E-state index contributed by atoms with van der Waals surface area (Å²) in [6, 6.07) is 13.7. The van der Waals surface area contributed by atoms with E-state index in [0.29, 0.717) is 22.8 Å². The lowest BCUT2D eigenvalue weighted by Crippen LogP contribution is -2.37. The van der Waals surface area contributed by atoms with Gasteiger partial charge >= 0.3 is 5.76 Å². The van der Waals surface area contributed by atoms with Crippen LogP contribution in [-0.4, -0.2) is 29.6 Å². The van der Waals surface area contributed by atoms with Gasteiger partial charge in [0.2, 0.25) is 0 Å². The maximum Gasteiger partial charge on any atom is 0.439 e. The van der Waals surface area contributed by atoms with E-state index in [1.54, 1.807) is 12.1 Å². The lowest BCUT2D eigenvalue weighted by atomic mass is 10.1. The van der Waals surface area contributed by atoms with E-state index in [0.717, 1.165) is 22.3 Å². The van der Waals surface area contributed by atoms with Crippen LogP contribution in [0.5, 0.6) is 5.75 Å². The number of ether oxygens (including phenoxy) is 1. The van der Waals surface area contributed by atoms with Gasteiger partial charge in [-0.1, -0.05) is 23.4 Å². The summed E-state index contributed by atoms with van der Waals surface area (Å²) in [5.41, 5.74) is 4.91. The van der Waals surface area contributed by atoms with Crippen molar-refractivity contribution in [2.75, 3.05) is 4.31 Å². The minimum atomic E-state index is -3.93. The Morgan fingerprint density at radius 3 is 2.39 bits per heavy atom. The number of aromatic amines is 1. The number of nitrogens with zero attached hydrogens (tertiary/aromatic N) is 3. The Morgan fingerprint density at radius 2 is 1.78 bits per heavy atom. The Balaban J connectivity index is 1.69. The molecular formula is C26H28N4O5S. The normalized spacial score (nSPS) is 11.6. The minimum absolute atomic E-state index is 0.0276. The Kier molecular flexibility index (Phi) is 6.98. The second-order valence-electron chi connectivity index (χ2n) is 8.84. The molecule has 188 valence electrons. The van der Waals surface area contributed by atoms with Crippen LogP contribution in [0.25, 0.3) is 11.4 Å². The van der Waals surface area contributed by atoms with Crippen molar-refractivity contribution in [3.8, 4) is 17.1 Å². The maximum atomic E-state index is 13.6. The second kappa shape index (κ2) is 9.98. The lowest BCUT2D eigenvalue weighted by Gasteiger charge is -2.30. The van der Waals surface area contributed by atoms with Gasteiger partial charge in [0.15, 0.2) is 10.9 Å². The Labute approximate surface area is 209 Å². The molecule has 0 unspecified atom stereocenters. The van der Waals surface area contributed by atoms with Gasteiger partial charge in [-0.05, 0) is 87.2 Å². The molecule has 0 amide bonds. The van der Waals surface area contributed by atoms with Gasteiger partial charge in [0.1, 0.15) is 12.4 Å². The molecule has 36 heavy (non-hydrogen) atoms. The van der Waals surface area contributed by atoms with E-state index in [9.17, 15) is 13.2 Å². The van der Waals surface area contributed by atoms with E-state index in [2.05, 4.69) is 19.6 Å². The fourth-order valence-corrected chi connectivity index (χ4v) is 5.47. The molecule has 0 atom stereocenters. The summed E-state index contributed by atoms with van der Waals surface area (Å²) < 4.78 is 39.4. The molecule has 9 nitrogen and oxygen atoms in total. The van der Waals surface area contributed by atoms with Crippen molar-refractivity contribution < 1.29 is 17.7 Å². The van der Waals surface area contributed by atoms with Crippen LogP contribution in [0.2, 0.25) is 0 Å². The van der Waals surface area contributed by atoms with Gasteiger partial charge in [0.25, 0.3) is 10.0 Å². The zero-order valence-electron chi connectivity index (χ0n) is 20.8. The number of anilines is 1. The molecule has 4 aromatic rings. The summed E-state index contributed by atoms with van der Waals surface area (Å²) in [6.07, 6.45) is 1.46. The number of hydrogen-bond donors (Lipinski definition) is 1. The fraction of sp³-hybridized carbons (Fsp3) is 0.269. The van der Waals surface area contributed by atoms with Gasteiger partial charge in [-0.2, -0.15) is 8.42 Å². The van der Waals surface area contributed by atoms with Crippen LogP contribution in [-0.2, 0) is 16.6 Å². The molecule has 0 spiro atoms. The highest BCUT2D eigenvalue weighted by Crippen LogP contribution is 2.37. The second-order valence-corrected chi connectivity index (χ2v) is 10.6. The predicted octanol–water partition coefficient (Wildman–Crippen LogP) is 4.53. The predicted molar refractivity (Wildman–Crippen MR) is 137 cm³/mol. The van der Waals surface area contributed by atoms with Gasteiger partial charge in [0.05, 0.1) is 5.69 Å². The number of pyridine rings is 1. The molecule has 2 aromatic carbocycles. The van der Waals surface area contributed by atoms with Crippen molar-refractivity contribution in [2.24, 2.45) is 0 Å².